The lowest BCUT2D eigenvalue weighted by atomic mass is 9.85. The quantitative estimate of drug-likeness (QED) is 0.665. The van der Waals surface area contributed by atoms with Crippen molar-refractivity contribution in [3.63, 3.8) is 0 Å². The smallest absolute Gasteiger partial charge is 0.0672 e. The molecule has 3 heteroatoms. The van der Waals surface area contributed by atoms with Crippen molar-refractivity contribution in [1.29, 1.82) is 5.26 Å². The Labute approximate surface area is 105 Å². The van der Waals surface area contributed by atoms with Crippen molar-refractivity contribution >= 4 is 0 Å². The van der Waals surface area contributed by atoms with Crippen LogP contribution in [0.4, 0.5) is 0 Å². The Balaban J connectivity index is 1.65. The van der Waals surface area contributed by atoms with Crippen LogP contribution in [0.2, 0.25) is 0 Å². The molecule has 0 heterocycles. The van der Waals surface area contributed by atoms with Crippen molar-refractivity contribution < 1.29 is 4.74 Å². The van der Waals surface area contributed by atoms with Crippen LogP contribution in [-0.2, 0) is 4.74 Å². The summed E-state index contributed by atoms with van der Waals surface area (Å²) in [5.74, 6) is 1.08. The number of ether oxygens (including phenoxy) is 1. The van der Waals surface area contributed by atoms with E-state index in [-0.39, 0.29) is 5.92 Å². The zero-order valence-electron chi connectivity index (χ0n) is 10.9. The molecule has 3 nitrogen and oxygen atoms in total. The summed E-state index contributed by atoms with van der Waals surface area (Å²) < 4.78 is 5.66. The van der Waals surface area contributed by atoms with Crippen LogP contribution in [0.5, 0.6) is 0 Å². The highest BCUT2D eigenvalue weighted by atomic mass is 16.5. The van der Waals surface area contributed by atoms with E-state index in [1.165, 1.54) is 32.1 Å². The molecule has 2 saturated carbocycles. The molecule has 96 valence electrons. The average molecular weight is 236 g/mol. The fraction of sp³-hybridized carbons (Fsp3) is 0.929. The SMILES string of the molecule is CN(CCOCC1CC1)C1CCCCC1C#N. The van der Waals surface area contributed by atoms with Crippen molar-refractivity contribution in [3.05, 3.63) is 0 Å². The van der Waals surface area contributed by atoms with Gasteiger partial charge in [0.05, 0.1) is 18.6 Å². The van der Waals surface area contributed by atoms with Crippen LogP contribution >= 0.6 is 0 Å². The third-order valence-electron chi connectivity index (χ3n) is 4.10. The van der Waals surface area contributed by atoms with Gasteiger partial charge in [-0.1, -0.05) is 12.8 Å². The molecule has 0 radical (unpaired) electrons. The Bertz CT molecular complexity index is 270. The second-order valence-electron chi connectivity index (χ2n) is 5.59. The minimum atomic E-state index is 0.234. The molecule has 0 N–H and O–H groups in total. The van der Waals surface area contributed by atoms with E-state index in [0.717, 1.165) is 32.1 Å². The predicted octanol–water partition coefficient (Wildman–Crippen LogP) is 2.43. The summed E-state index contributed by atoms with van der Waals surface area (Å²) in [5.41, 5.74) is 0. The van der Waals surface area contributed by atoms with Gasteiger partial charge >= 0.3 is 0 Å². The minimum Gasteiger partial charge on any atom is -0.380 e. The first-order valence-electron chi connectivity index (χ1n) is 6.99. The van der Waals surface area contributed by atoms with Crippen molar-refractivity contribution in [2.75, 3.05) is 26.8 Å². The number of rotatable bonds is 6. The standard InChI is InChI=1S/C14H24N2O/c1-16(8-9-17-11-12-6-7-12)14-5-3-2-4-13(14)10-15/h12-14H,2-9,11H2,1H3. The van der Waals surface area contributed by atoms with Crippen LogP contribution in [0.25, 0.3) is 0 Å². The van der Waals surface area contributed by atoms with Gasteiger partial charge in [-0.05, 0) is 38.6 Å². The first kappa shape index (κ1) is 12.9. The van der Waals surface area contributed by atoms with E-state index in [1.54, 1.807) is 0 Å². The summed E-state index contributed by atoms with van der Waals surface area (Å²) in [6.45, 7) is 2.73. The van der Waals surface area contributed by atoms with Gasteiger partial charge in [-0.3, -0.25) is 4.90 Å². The van der Waals surface area contributed by atoms with Crippen LogP contribution < -0.4 is 0 Å². The van der Waals surface area contributed by atoms with Crippen molar-refractivity contribution in [1.82, 2.24) is 4.90 Å². The number of nitriles is 1. The predicted molar refractivity (Wildman–Crippen MR) is 67.5 cm³/mol. The molecule has 2 rings (SSSR count). The summed E-state index contributed by atoms with van der Waals surface area (Å²) in [4.78, 5) is 2.33. The molecule has 0 bridgehead atoms. The third-order valence-corrected chi connectivity index (χ3v) is 4.10. The molecule has 0 aromatic rings. The normalized spacial score (nSPS) is 29.2. The monoisotopic (exact) mass is 236 g/mol. The topological polar surface area (TPSA) is 36.3 Å². The third kappa shape index (κ3) is 3.97. The van der Waals surface area contributed by atoms with Gasteiger partial charge in [0.2, 0.25) is 0 Å². The van der Waals surface area contributed by atoms with Crippen LogP contribution in [0.3, 0.4) is 0 Å². The Morgan fingerprint density at radius 2 is 2.00 bits per heavy atom. The van der Waals surface area contributed by atoms with Crippen LogP contribution in [0, 0.1) is 23.2 Å². The van der Waals surface area contributed by atoms with Gasteiger partial charge in [0.25, 0.3) is 0 Å². The molecule has 0 saturated heterocycles. The number of likely N-dealkylation sites (N-methyl/N-ethyl adjacent to an activating group) is 1. The lowest BCUT2D eigenvalue weighted by Gasteiger charge is -2.34. The second-order valence-corrected chi connectivity index (χ2v) is 5.59. The largest absolute Gasteiger partial charge is 0.380 e. The maximum absolute atomic E-state index is 9.16. The maximum atomic E-state index is 9.16. The first-order valence-corrected chi connectivity index (χ1v) is 6.99. The molecular weight excluding hydrogens is 212 g/mol. The van der Waals surface area contributed by atoms with Crippen LogP contribution in [0.15, 0.2) is 0 Å². The summed E-state index contributed by atoms with van der Waals surface area (Å²) in [5, 5.41) is 9.16. The number of hydrogen-bond donors (Lipinski definition) is 0. The van der Waals surface area contributed by atoms with Crippen molar-refractivity contribution in [2.24, 2.45) is 11.8 Å². The van der Waals surface area contributed by atoms with E-state index in [9.17, 15) is 0 Å². The summed E-state index contributed by atoms with van der Waals surface area (Å²) >= 11 is 0. The molecule has 0 aromatic carbocycles. The molecule has 0 amide bonds. The highest BCUT2D eigenvalue weighted by Crippen LogP contribution is 2.29. The molecule has 2 fully saturated rings. The van der Waals surface area contributed by atoms with Gasteiger partial charge < -0.3 is 4.74 Å². The summed E-state index contributed by atoms with van der Waals surface area (Å²) in [6, 6.07) is 2.93. The molecule has 2 aliphatic carbocycles. The van der Waals surface area contributed by atoms with E-state index in [4.69, 9.17) is 10.00 Å². The van der Waals surface area contributed by atoms with Crippen LogP contribution in [-0.4, -0.2) is 37.7 Å². The minimum absolute atomic E-state index is 0.234. The highest BCUT2D eigenvalue weighted by Gasteiger charge is 2.28. The second kappa shape index (κ2) is 6.37. The van der Waals surface area contributed by atoms with E-state index in [2.05, 4.69) is 18.0 Å². The molecule has 17 heavy (non-hydrogen) atoms. The Morgan fingerprint density at radius 3 is 2.71 bits per heavy atom. The van der Waals surface area contributed by atoms with E-state index >= 15 is 0 Å². The molecule has 0 spiro atoms. The molecular formula is C14H24N2O. The van der Waals surface area contributed by atoms with Gasteiger partial charge in [-0.2, -0.15) is 5.26 Å². The Kier molecular flexibility index (Phi) is 4.82. The van der Waals surface area contributed by atoms with Gasteiger partial charge in [0.1, 0.15) is 0 Å². The van der Waals surface area contributed by atoms with Crippen molar-refractivity contribution in [2.45, 2.75) is 44.6 Å². The lowest BCUT2D eigenvalue weighted by molar-refractivity contribution is 0.0754. The van der Waals surface area contributed by atoms with E-state index in [0.29, 0.717) is 6.04 Å². The maximum Gasteiger partial charge on any atom is 0.0672 e. The summed E-state index contributed by atoms with van der Waals surface area (Å²) in [6.07, 6.45) is 7.46. The number of hydrogen-bond acceptors (Lipinski definition) is 3. The molecule has 2 aliphatic rings. The zero-order valence-corrected chi connectivity index (χ0v) is 10.9. The van der Waals surface area contributed by atoms with E-state index < -0.39 is 0 Å². The Morgan fingerprint density at radius 1 is 1.24 bits per heavy atom. The van der Waals surface area contributed by atoms with Gasteiger partial charge in [-0.25, -0.2) is 0 Å². The van der Waals surface area contributed by atoms with Gasteiger partial charge in [0, 0.05) is 19.2 Å². The van der Waals surface area contributed by atoms with Crippen molar-refractivity contribution in [3.8, 4) is 6.07 Å². The van der Waals surface area contributed by atoms with Gasteiger partial charge in [0.15, 0.2) is 0 Å². The Hall–Kier alpha value is -0.590. The van der Waals surface area contributed by atoms with Gasteiger partial charge in [-0.15, -0.1) is 0 Å². The number of nitrogens with zero attached hydrogens (tertiary/aromatic N) is 2. The molecule has 2 atom stereocenters. The molecule has 2 unspecified atom stereocenters. The summed E-state index contributed by atoms with van der Waals surface area (Å²) in [7, 11) is 2.14. The lowest BCUT2D eigenvalue weighted by Crippen LogP contribution is -2.41. The fourth-order valence-corrected chi connectivity index (χ4v) is 2.70. The zero-order chi connectivity index (χ0) is 12.1. The fourth-order valence-electron chi connectivity index (χ4n) is 2.70. The molecule has 0 aromatic heterocycles. The van der Waals surface area contributed by atoms with Crippen LogP contribution in [0.1, 0.15) is 38.5 Å². The van der Waals surface area contributed by atoms with E-state index in [1.807, 2.05) is 0 Å². The highest BCUT2D eigenvalue weighted by molar-refractivity contribution is 4.95. The first-order chi connectivity index (χ1) is 8.31. The average Bonchev–Trinajstić information content (AvgIpc) is 3.18. The molecule has 0 aliphatic heterocycles.